The molecule has 1 aromatic rings. The van der Waals surface area contributed by atoms with E-state index in [1.807, 2.05) is 35.2 Å². The Morgan fingerprint density at radius 2 is 2.18 bits per heavy atom. The number of methoxy groups -OCH3 is 1. The lowest BCUT2D eigenvalue weighted by Gasteiger charge is -2.28. The summed E-state index contributed by atoms with van der Waals surface area (Å²) in [4.78, 5) is 14.4. The number of hydrogen-bond donors (Lipinski definition) is 2. The quantitative estimate of drug-likeness (QED) is 0.848. The van der Waals surface area contributed by atoms with Gasteiger partial charge in [0.05, 0.1) is 18.8 Å². The molecule has 3 atom stereocenters. The maximum absolute atomic E-state index is 12.6. The monoisotopic (exact) mass is 306 g/mol. The smallest absolute Gasteiger partial charge is 0.318 e. The summed E-state index contributed by atoms with van der Waals surface area (Å²) in [6, 6.07) is 9.73. The van der Waals surface area contributed by atoms with Crippen molar-refractivity contribution in [1.82, 2.24) is 10.2 Å². The molecule has 0 aliphatic carbocycles. The van der Waals surface area contributed by atoms with E-state index in [1.165, 1.54) is 0 Å². The first-order chi connectivity index (χ1) is 10.6. The maximum Gasteiger partial charge on any atom is 0.318 e. The third-order valence-corrected chi connectivity index (χ3v) is 4.08. The van der Waals surface area contributed by atoms with E-state index in [4.69, 9.17) is 4.74 Å². The van der Waals surface area contributed by atoms with E-state index < -0.39 is 0 Å². The van der Waals surface area contributed by atoms with E-state index in [2.05, 4.69) is 5.32 Å². The van der Waals surface area contributed by atoms with Gasteiger partial charge in [-0.25, -0.2) is 4.79 Å². The molecule has 1 heterocycles. The fourth-order valence-electron chi connectivity index (χ4n) is 3.05. The number of nitrogens with one attached hydrogen (secondary N) is 1. The van der Waals surface area contributed by atoms with Crippen LogP contribution in [-0.4, -0.2) is 48.4 Å². The number of carbonyl (C=O) groups is 1. The summed E-state index contributed by atoms with van der Waals surface area (Å²) in [6.07, 6.45) is 2.19. The highest BCUT2D eigenvalue weighted by atomic mass is 16.5. The lowest BCUT2D eigenvalue weighted by atomic mass is 10.1. The third-order valence-electron chi connectivity index (χ3n) is 4.08. The zero-order valence-corrected chi connectivity index (χ0v) is 13.4. The molecule has 5 nitrogen and oxygen atoms in total. The van der Waals surface area contributed by atoms with E-state index in [1.54, 1.807) is 14.0 Å². The van der Waals surface area contributed by atoms with Crippen molar-refractivity contribution in [3.8, 4) is 0 Å². The Morgan fingerprint density at radius 1 is 1.45 bits per heavy atom. The summed E-state index contributed by atoms with van der Waals surface area (Å²) in [5, 5.41) is 12.6. The van der Waals surface area contributed by atoms with Crippen molar-refractivity contribution >= 4 is 6.03 Å². The number of amides is 2. The molecule has 1 aliphatic heterocycles. The van der Waals surface area contributed by atoms with E-state index in [0.717, 1.165) is 24.9 Å². The van der Waals surface area contributed by atoms with Crippen LogP contribution >= 0.6 is 0 Å². The Kier molecular flexibility index (Phi) is 6.21. The largest absolute Gasteiger partial charge is 0.393 e. The van der Waals surface area contributed by atoms with E-state index in [0.29, 0.717) is 13.0 Å². The average Bonchev–Trinajstić information content (AvgIpc) is 2.95. The van der Waals surface area contributed by atoms with Crippen molar-refractivity contribution in [2.45, 2.75) is 44.4 Å². The van der Waals surface area contributed by atoms with Crippen molar-refractivity contribution in [1.29, 1.82) is 0 Å². The minimum atomic E-state index is -0.387. The highest BCUT2D eigenvalue weighted by Crippen LogP contribution is 2.22. The highest BCUT2D eigenvalue weighted by Gasteiger charge is 2.30. The number of nitrogens with zero attached hydrogens (tertiary/aromatic N) is 1. The van der Waals surface area contributed by atoms with Gasteiger partial charge in [-0.05, 0) is 31.7 Å². The van der Waals surface area contributed by atoms with Crippen molar-refractivity contribution in [2.75, 3.05) is 20.3 Å². The second-order valence-corrected chi connectivity index (χ2v) is 5.94. The summed E-state index contributed by atoms with van der Waals surface area (Å²) < 4.78 is 5.24. The Morgan fingerprint density at radius 3 is 2.82 bits per heavy atom. The van der Waals surface area contributed by atoms with Gasteiger partial charge >= 0.3 is 6.03 Å². The SMILES string of the molecule is COCC(NC(=O)N1CCCC1CC(C)O)c1ccccc1. The summed E-state index contributed by atoms with van der Waals surface area (Å²) >= 11 is 0. The first-order valence-electron chi connectivity index (χ1n) is 7.91. The average molecular weight is 306 g/mol. The predicted octanol–water partition coefficient (Wildman–Crippen LogP) is 2.32. The molecule has 0 spiro atoms. The van der Waals surface area contributed by atoms with Crippen LogP contribution in [0.4, 0.5) is 4.79 Å². The Bertz CT molecular complexity index is 464. The highest BCUT2D eigenvalue weighted by molar-refractivity contribution is 5.75. The molecule has 0 aromatic heterocycles. The van der Waals surface area contributed by atoms with Gasteiger partial charge in [-0.2, -0.15) is 0 Å². The molecule has 2 amide bonds. The van der Waals surface area contributed by atoms with Gasteiger partial charge in [0.25, 0.3) is 0 Å². The first kappa shape index (κ1) is 16.8. The van der Waals surface area contributed by atoms with Crippen LogP contribution in [0.3, 0.4) is 0 Å². The fraction of sp³-hybridized carbons (Fsp3) is 0.588. The number of carbonyl (C=O) groups excluding carboxylic acids is 1. The minimum Gasteiger partial charge on any atom is -0.393 e. The van der Waals surface area contributed by atoms with Crippen LogP contribution in [0.15, 0.2) is 30.3 Å². The van der Waals surface area contributed by atoms with Gasteiger partial charge in [0.2, 0.25) is 0 Å². The van der Waals surface area contributed by atoms with Gasteiger partial charge in [-0.15, -0.1) is 0 Å². The molecule has 1 saturated heterocycles. The molecule has 5 heteroatoms. The van der Waals surface area contributed by atoms with Gasteiger partial charge in [0, 0.05) is 19.7 Å². The lowest BCUT2D eigenvalue weighted by molar-refractivity contribution is 0.130. The van der Waals surface area contributed by atoms with Crippen LogP contribution in [0, 0.1) is 0 Å². The number of hydrogen-bond acceptors (Lipinski definition) is 3. The lowest BCUT2D eigenvalue weighted by Crippen LogP contribution is -2.45. The number of benzene rings is 1. The van der Waals surface area contributed by atoms with Crippen LogP contribution < -0.4 is 5.32 Å². The number of urea groups is 1. The molecule has 3 unspecified atom stereocenters. The Labute approximate surface area is 132 Å². The van der Waals surface area contributed by atoms with Gasteiger partial charge in [-0.1, -0.05) is 30.3 Å². The molecule has 1 aromatic carbocycles. The molecular formula is C17H26N2O3. The van der Waals surface area contributed by atoms with E-state index >= 15 is 0 Å². The van der Waals surface area contributed by atoms with Crippen molar-refractivity contribution in [3.63, 3.8) is 0 Å². The number of aliphatic hydroxyl groups excluding tert-OH is 1. The molecule has 122 valence electrons. The molecule has 0 bridgehead atoms. The molecule has 22 heavy (non-hydrogen) atoms. The topological polar surface area (TPSA) is 61.8 Å². The maximum atomic E-state index is 12.6. The van der Waals surface area contributed by atoms with Crippen LogP contribution in [0.25, 0.3) is 0 Å². The Hall–Kier alpha value is -1.59. The molecule has 2 N–H and O–H groups in total. The van der Waals surface area contributed by atoms with Crippen molar-refractivity contribution in [2.24, 2.45) is 0 Å². The second kappa shape index (κ2) is 8.15. The van der Waals surface area contributed by atoms with Crippen LogP contribution in [-0.2, 0) is 4.74 Å². The molecule has 0 saturated carbocycles. The first-order valence-corrected chi connectivity index (χ1v) is 7.91. The number of rotatable bonds is 6. The number of aliphatic hydroxyl groups is 1. The summed E-state index contributed by atoms with van der Waals surface area (Å²) in [5.74, 6) is 0. The van der Waals surface area contributed by atoms with Gasteiger partial charge in [0.15, 0.2) is 0 Å². The van der Waals surface area contributed by atoms with Gasteiger partial charge in [-0.3, -0.25) is 0 Å². The Balaban J connectivity index is 2.01. The standard InChI is InChI=1S/C17H26N2O3/c1-13(20)11-15-9-6-10-19(15)17(21)18-16(12-22-2)14-7-4-3-5-8-14/h3-5,7-8,13,15-16,20H,6,9-12H2,1-2H3,(H,18,21). The number of ether oxygens (including phenoxy) is 1. The molecular weight excluding hydrogens is 280 g/mol. The van der Waals surface area contributed by atoms with E-state index in [-0.39, 0.29) is 24.2 Å². The summed E-state index contributed by atoms with van der Waals surface area (Å²) in [5.41, 5.74) is 1.03. The minimum absolute atomic E-state index is 0.0750. The van der Waals surface area contributed by atoms with Crippen LogP contribution in [0.2, 0.25) is 0 Å². The van der Waals surface area contributed by atoms with Crippen molar-refractivity contribution < 1.29 is 14.6 Å². The zero-order valence-electron chi connectivity index (χ0n) is 13.4. The third kappa shape index (κ3) is 4.45. The molecule has 1 fully saturated rings. The van der Waals surface area contributed by atoms with Crippen LogP contribution in [0.5, 0.6) is 0 Å². The van der Waals surface area contributed by atoms with E-state index in [9.17, 15) is 9.90 Å². The zero-order chi connectivity index (χ0) is 15.9. The summed E-state index contributed by atoms with van der Waals surface area (Å²) in [7, 11) is 1.63. The van der Waals surface area contributed by atoms with Crippen molar-refractivity contribution in [3.05, 3.63) is 35.9 Å². The predicted molar refractivity (Wildman–Crippen MR) is 85.6 cm³/mol. The van der Waals surface area contributed by atoms with Gasteiger partial charge in [0.1, 0.15) is 0 Å². The normalized spacial score (nSPS) is 20.7. The van der Waals surface area contributed by atoms with Crippen LogP contribution in [0.1, 0.15) is 37.8 Å². The molecule has 0 radical (unpaired) electrons. The summed E-state index contributed by atoms with van der Waals surface area (Å²) in [6.45, 7) is 2.95. The van der Waals surface area contributed by atoms with Gasteiger partial charge < -0.3 is 20.1 Å². The molecule has 2 rings (SSSR count). The number of likely N-dealkylation sites (tertiary alicyclic amines) is 1. The second-order valence-electron chi connectivity index (χ2n) is 5.94. The fourth-order valence-corrected chi connectivity index (χ4v) is 3.05. The molecule has 1 aliphatic rings.